The molecule has 1 N–H and O–H groups in total. The average Bonchev–Trinajstić information content (AvgIpc) is 2.71. The number of rotatable bonds is 7. The van der Waals surface area contributed by atoms with Gasteiger partial charge in [0.15, 0.2) is 6.61 Å². The Morgan fingerprint density at radius 3 is 2.44 bits per heavy atom. The lowest BCUT2D eigenvalue weighted by Gasteiger charge is -2.28. The largest absolute Gasteiger partial charge is 0.484 e. The summed E-state index contributed by atoms with van der Waals surface area (Å²) in [6.45, 7) is 8.13. The van der Waals surface area contributed by atoms with Crippen molar-refractivity contribution in [3.63, 3.8) is 0 Å². The first-order chi connectivity index (χ1) is 13.2. The highest BCUT2D eigenvalue weighted by Crippen LogP contribution is 2.18. The summed E-state index contributed by atoms with van der Waals surface area (Å²) < 4.78 is 5.43. The molecule has 27 heavy (non-hydrogen) atoms. The fourth-order valence-corrected chi connectivity index (χ4v) is 2.99. The predicted molar refractivity (Wildman–Crippen MR) is 111 cm³/mol. The number of ether oxygens (including phenoxy) is 1. The Balaban J connectivity index is 0.000000817. The van der Waals surface area contributed by atoms with E-state index in [9.17, 15) is 4.79 Å². The van der Waals surface area contributed by atoms with Gasteiger partial charge in [0.25, 0.3) is 5.91 Å². The first-order valence-corrected chi connectivity index (χ1v) is 9.96. The van der Waals surface area contributed by atoms with Gasteiger partial charge in [-0.1, -0.05) is 62.7 Å². The van der Waals surface area contributed by atoms with Crippen molar-refractivity contribution in [1.82, 2.24) is 10.2 Å². The average molecular weight is 369 g/mol. The molecular formula is C23H32N2O2. The van der Waals surface area contributed by atoms with Crippen molar-refractivity contribution in [1.29, 1.82) is 0 Å². The Bertz CT molecular complexity index is 673. The van der Waals surface area contributed by atoms with E-state index in [-0.39, 0.29) is 12.5 Å². The molecule has 4 heteroatoms. The number of nitrogens with one attached hydrogen (secondary N) is 1. The van der Waals surface area contributed by atoms with Crippen molar-refractivity contribution in [2.24, 2.45) is 0 Å². The van der Waals surface area contributed by atoms with Crippen molar-refractivity contribution in [3.05, 3.63) is 65.7 Å². The number of carbonyl (C=O) groups excluding carboxylic acids is 1. The van der Waals surface area contributed by atoms with Gasteiger partial charge < -0.3 is 10.1 Å². The normalized spacial score (nSPS) is 13.1. The van der Waals surface area contributed by atoms with Crippen LogP contribution >= 0.6 is 0 Å². The highest BCUT2D eigenvalue weighted by atomic mass is 16.5. The number of para-hydroxylation sites is 1. The van der Waals surface area contributed by atoms with Crippen LogP contribution in [0.25, 0.3) is 0 Å². The van der Waals surface area contributed by atoms with E-state index >= 15 is 0 Å². The second kappa shape index (κ2) is 12.1. The third-order valence-corrected chi connectivity index (χ3v) is 4.30. The molecule has 0 spiro atoms. The number of hydrogen-bond acceptors (Lipinski definition) is 3. The van der Waals surface area contributed by atoms with Crippen LogP contribution in [0.3, 0.4) is 0 Å². The van der Waals surface area contributed by atoms with Crippen LogP contribution in [-0.2, 0) is 17.8 Å². The summed E-state index contributed by atoms with van der Waals surface area (Å²) in [5.41, 5.74) is 2.91. The van der Waals surface area contributed by atoms with Crippen molar-refractivity contribution in [2.75, 3.05) is 26.2 Å². The van der Waals surface area contributed by atoms with Gasteiger partial charge in [-0.2, -0.15) is 0 Å². The number of hydrogen-bond donors (Lipinski definition) is 1. The second-order valence-corrected chi connectivity index (χ2v) is 6.81. The minimum absolute atomic E-state index is 0.0668. The van der Waals surface area contributed by atoms with Gasteiger partial charge >= 0.3 is 0 Å². The maximum absolute atomic E-state index is 11.8. The van der Waals surface area contributed by atoms with Gasteiger partial charge in [-0.3, -0.25) is 9.69 Å². The van der Waals surface area contributed by atoms with Gasteiger partial charge in [0.05, 0.1) is 0 Å². The molecule has 0 saturated heterocycles. The summed E-state index contributed by atoms with van der Waals surface area (Å²) in [5, 5.41) is 2.92. The molecule has 0 aliphatic carbocycles. The van der Waals surface area contributed by atoms with Crippen LogP contribution in [0, 0.1) is 0 Å². The van der Waals surface area contributed by atoms with E-state index in [0.29, 0.717) is 6.54 Å². The first-order valence-electron chi connectivity index (χ1n) is 9.96. The third kappa shape index (κ3) is 7.83. The smallest absolute Gasteiger partial charge is 0.257 e. The molecule has 1 heterocycles. The number of nitrogens with zero attached hydrogens (tertiary/aromatic N) is 1. The standard InChI is InChI=1S/C20H24N2O2.C3H8/c23-20(16-24-19-9-2-1-3-10-19)21-12-6-13-22-14-11-17-7-4-5-8-18(17)15-22;1-3-2/h1-5,7-10H,6,11-16H2,(H,21,23);3H2,1-2H3. The van der Waals surface area contributed by atoms with Gasteiger partial charge in [0, 0.05) is 26.2 Å². The van der Waals surface area contributed by atoms with Gasteiger partial charge in [-0.25, -0.2) is 0 Å². The summed E-state index contributed by atoms with van der Waals surface area (Å²) in [6.07, 6.45) is 3.33. The topological polar surface area (TPSA) is 41.6 Å². The molecule has 0 atom stereocenters. The molecule has 0 saturated carbocycles. The molecule has 2 aromatic rings. The fraction of sp³-hybridized carbons (Fsp3) is 0.435. The van der Waals surface area contributed by atoms with Crippen LogP contribution in [0.4, 0.5) is 0 Å². The molecule has 1 aliphatic heterocycles. The van der Waals surface area contributed by atoms with Crippen LogP contribution < -0.4 is 10.1 Å². The van der Waals surface area contributed by atoms with Crippen molar-refractivity contribution < 1.29 is 9.53 Å². The molecule has 4 nitrogen and oxygen atoms in total. The predicted octanol–water partition coefficient (Wildman–Crippen LogP) is 4.05. The quantitative estimate of drug-likeness (QED) is 0.750. The molecular weight excluding hydrogens is 336 g/mol. The fourth-order valence-electron chi connectivity index (χ4n) is 2.99. The van der Waals surface area contributed by atoms with Gasteiger partial charge in [0.1, 0.15) is 5.75 Å². The van der Waals surface area contributed by atoms with Crippen LogP contribution in [0.15, 0.2) is 54.6 Å². The summed E-state index contributed by atoms with van der Waals surface area (Å²) in [4.78, 5) is 14.2. The third-order valence-electron chi connectivity index (χ3n) is 4.30. The van der Waals surface area contributed by atoms with Crippen LogP contribution in [0.5, 0.6) is 5.75 Å². The minimum atomic E-state index is -0.0668. The number of fused-ring (bicyclic) bond motifs is 1. The van der Waals surface area contributed by atoms with Crippen LogP contribution in [-0.4, -0.2) is 37.0 Å². The SMILES string of the molecule is CCC.O=C(COc1ccccc1)NCCCN1CCc2ccccc2C1. The van der Waals surface area contributed by atoms with E-state index in [1.54, 1.807) is 0 Å². The zero-order chi connectivity index (χ0) is 19.3. The number of benzene rings is 2. The van der Waals surface area contributed by atoms with Crippen molar-refractivity contribution in [3.8, 4) is 5.75 Å². The Morgan fingerprint density at radius 2 is 1.70 bits per heavy atom. The molecule has 3 rings (SSSR count). The Morgan fingerprint density at radius 1 is 1.04 bits per heavy atom. The molecule has 0 bridgehead atoms. The van der Waals surface area contributed by atoms with E-state index < -0.39 is 0 Å². The van der Waals surface area contributed by atoms with E-state index in [4.69, 9.17) is 4.74 Å². The van der Waals surface area contributed by atoms with E-state index in [1.165, 1.54) is 17.5 Å². The number of amides is 1. The molecule has 2 aromatic carbocycles. The summed E-state index contributed by atoms with van der Waals surface area (Å²) in [7, 11) is 0. The first kappa shape index (κ1) is 21.0. The molecule has 0 aromatic heterocycles. The molecule has 1 aliphatic rings. The van der Waals surface area contributed by atoms with E-state index in [0.717, 1.165) is 38.2 Å². The Labute approximate surface area is 163 Å². The summed E-state index contributed by atoms with van der Waals surface area (Å²) >= 11 is 0. The molecule has 0 fully saturated rings. The molecule has 0 radical (unpaired) electrons. The van der Waals surface area contributed by atoms with Gasteiger partial charge in [0.2, 0.25) is 0 Å². The zero-order valence-corrected chi connectivity index (χ0v) is 16.6. The maximum atomic E-state index is 11.8. The van der Waals surface area contributed by atoms with Crippen molar-refractivity contribution >= 4 is 5.91 Å². The lowest BCUT2D eigenvalue weighted by molar-refractivity contribution is -0.123. The Hall–Kier alpha value is -2.33. The van der Waals surface area contributed by atoms with E-state index in [2.05, 4.69) is 48.3 Å². The lowest BCUT2D eigenvalue weighted by atomic mass is 10.00. The summed E-state index contributed by atoms with van der Waals surface area (Å²) in [6, 6.07) is 18.1. The maximum Gasteiger partial charge on any atom is 0.257 e. The lowest BCUT2D eigenvalue weighted by Crippen LogP contribution is -2.34. The summed E-state index contributed by atoms with van der Waals surface area (Å²) in [5.74, 6) is 0.655. The highest BCUT2D eigenvalue weighted by Gasteiger charge is 2.14. The van der Waals surface area contributed by atoms with Gasteiger partial charge in [-0.15, -0.1) is 0 Å². The van der Waals surface area contributed by atoms with E-state index in [1.807, 2.05) is 30.3 Å². The monoisotopic (exact) mass is 368 g/mol. The minimum Gasteiger partial charge on any atom is -0.484 e. The van der Waals surface area contributed by atoms with Crippen molar-refractivity contribution in [2.45, 2.75) is 39.7 Å². The highest BCUT2D eigenvalue weighted by molar-refractivity contribution is 5.77. The second-order valence-electron chi connectivity index (χ2n) is 6.81. The number of carbonyl (C=O) groups is 1. The zero-order valence-electron chi connectivity index (χ0n) is 16.6. The van der Waals surface area contributed by atoms with Crippen LogP contribution in [0.2, 0.25) is 0 Å². The molecule has 1 amide bonds. The Kier molecular flexibility index (Phi) is 9.42. The molecule has 0 unspecified atom stereocenters. The van der Waals surface area contributed by atoms with Gasteiger partial charge in [-0.05, 0) is 36.1 Å². The molecule has 146 valence electrons. The van der Waals surface area contributed by atoms with Crippen LogP contribution in [0.1, 0.15) is 37.8 Å².